The van der Waals surface area contributed by atoms with Gasteiger partial charge in [0, 0.05) is 18.0 Å². The van der Waals surface area contributed by atoms with Crippen molar-refractivity contribution in [2.75, 3.05) is 19.8 Å². The number of ether oxygens (including phenoxy) is 2. The smallest absolute Gasteiger partial charge is 0.305 e. The summed E-state index contributed by atoms with van der Waals surface area (Å²) in [7, 11) is 0. The first-order valence-corrected chi connectivity index (χ1v) is 9.91. The van der Waals surface area contributed by atoms with Crippen molar-refractivity contribution in [1.82, 2.24) is 4.90 Å². The van der Waals surface area contributed by atoms with Crippen LogP contribution in [-0.4, -0.2) is 42.4 Å². The van der Waals surface area contributed by atoms with Gasteiger partial charge >= 0.3 is 5.97 Å². The fourth-order valence-electron chi connectivity index (χ4n) is 2.91. The van der Waals surface area contributed by atoms with Crippen molar-refractivity contribution < 1.29 is 23.9 Å². The van der Waals surface area contributed by atoms with E-state index in [1.54, 1.807) is 42.5 Å². The van der Waals surface area contributed by atoms with Gasteiger partial charge in [-0.15, -0.1) is 0 Å². The van der Waals surface area contributed by atoms with E-state index in [-0.39, 0.29) is 37.4 Å². The molecule has 0 fully saturated rings. The van der Waals surface area contributed by atoms with Gasteiger partial charge in [-0.05, 0) is 43.2 Å². The number of benzene rings is 2. The lowest BCUT2D eigenvalue weighted by molar-refractivity contribution is -0.144. The van der Waals surface area contributed by atoms with E-state index >= 15 is 0 Å². The van der Waals surface area contributed by atoms with Crippen molar-refractivity contribution in [1.29, 1.82) is 0 Å². The molecular formula is C21H19Cl2NO5. The molecule has 0 N–H and O–H groups in total. The summed E-state index contributed by atoms with van der Waals surface area (Å²) in [5.41, 5.74) is 0.825. The van der Waals surface area contributed by atoms with Crippen molar-refractivity contribution in [2.24, 2.45) is 0 Å². The zero-order chi connectivity index (χ0) is 20.8. The molecule has 1 aliphatic heterocycles. The number of amides is 2. The lowest BCUT2D eigenvalue weighted by atomic mass is 10.1. The number of hydrogen-bond donors (Lipinski definition) is 0. The summed E-state index contributed by atoms with van der Waals surface area (Å²) in [4.78, 5) is 37.5. The second kappa shape index (κ2) is 9.76. The first-order chi connectivity index (χ1) is 14.0. The summed E-state index contributed by atoms with van der Waals surface area (Å²) in [6.45, 7) is 0.652. The second-order valence-corrected chi connectivity index (χ2v) is 7.25. The average Bonchev–Trinajstić information content (AvgIpc) is 2.95. The van der Waals surface area contributed by atoms with E-state index in [0.29, 0.717) is 46.4 Å². The number of imide groups is 1. The number of fused-ring (bicyclic) bond motifs is 1. The van der Waals surface area contributed by atoms with Crippen LogP contribution in [0.5, 0.6) is 5.75 Å². The fraction of sp³-hybridized carbons (Fsp3) is 0.286. The minimum atomic E-state index is -0.363. The second-order valence-electron chi connectivity index (χ2n) is 6.41. The van der Waals surface area contributed by atoms with Gasteiger partial charge in [0.2, 0.25) is 0 Å². The molecule has 2 amide bonds. The van der Waals surface area contributed by atoms with Crippen molar-refractivity contribution in [3.8, 4) is 5.75 Å². The molecule has 8 heteroatoms. The van der Waals surface area contributed by atoms with Crippen LogP contribution in [0.15, 0.2) is 42.5 Å². The maximum absolute atomic E-state index is 12.2. The highest BCUT2D eigenvalue weighted by atomic mass is 35.5. The van der Waals surface area contributed by atoms with Crippen molar-refractivity contribution in [3.05, 3.63) is 63.6 Å². The summed E-state index contributed by atoms with van der Waals surface area (Å²) < 4.78 is 10.7. The predicted molar refractivity (Wildman–Crippen MR) is 109 cm³/mol. The molecule has 0 spiro atoms. The molecule has 0 unspecified atom stereocenters. The standard InChI is InChI=1S/C21H19Cl2NO5/c22-14-8-9-18(17(23)13-14)28-11-3-7-19(25)29-12-4-10-24-20(26)15-5-1-2-6-16(15)21(24)27/h1-2,5-6,8-9,13H,3-4,7,10-12H2. The molecule has 0 aromatic heterocycles. The van der Waals surface area contributed by atoms with E-state index in [4.69, 9.17) is 32.7 Å². The molecule has 0 bridgehead atoms. The Morgan fingerprint density at radius 3 is 2.28 bits per heavy atom. The number of rotatable bonds is 9. The van der Waals surface area contributed by atoms with Crippen LogP contribution in [0.4, 0.5) is 0 Å². The van der Waals surface area contributed by atoms with E-state index in [1.807, 2.05) is 0 Å². The minimum Gasteiger partial charge on any atom is -0.492 e. The lowest BCUT2D eigenvalue weighted by Crippen LogP contribution is -2.31. The molecule has 0 saturated heterocycles. The van der Waals surface area contributed by atoms with Gasteiger partial charge in [0.25, 0.3) is 11.8 Å². The zero-order valence-electron chi connectivity index (χ0n) is 15.5. The minimum absolute atomic E-state index is 0.135. The van der Waals surface area contributed by atoms with Gasteiger partial charge in [0.1, 0.15) is 5.75 Å². The Labute approximate surface area is 178 Å². The van der Waals surface area contributed by atoms with Crippen LogP contribution in [0.3, 0.4) is 0 Å². The summed E-state index contributed by atoms with van der Waals surface area (Å²) in [6, 6.07) is 11.6. The Bertz CT molecular complexity index is 896. The van der Waals surface area contributed by atoms with Crippen LogP contribution < -0.4 is 4.74 Å². The van der Waals surface area contributed by atoms with Gasteiger partial charge in [0.05, 0.1) is 29.4 Å². The van der Waals surface area contributed by atoms with Gasteiger partial charge in [-0.1, -0.05) is 35.3 Å². The van der Waals surface area contributed by atoms with Crippen LogP contribution in [0, 0.1) is 0 Å². The third kappa shape index (κ3) is 5.28. The number of halogens is 2. The molecule has 0 radical (unpaired) electrons. The zero-order valence-corrected chi connectivity index (χ0v) is 17.0. The molecule has 0 aliphatic carbocycles. The Kier molecular flexibility index (Phi) is 7.12. The molecule has 6 nitrogen and oxygen atoms in total. The van der Waals surface area contributed by atoms with Crippen LogP contribution in [0.1, 0.15) is 40.0 Å². The van der Waals surface area contributed by atoms with Crippen LogP contribution >= 0.6 is 23.2 Å². The number of carbonyl (C=O) groups is 3. The van der Waals surface area contributed by atoms with Crippen LogP contribution in [0.25, 0.3) is 0 Å². The molecular weight excluding hydrogens is 417 g/mol. The maximum Gasteiger partial charge on any atom is 0.305 e. The largest absolute Gasteiger partial charge is 0.492 e. The van der Waals surface area contributed by atoms with E-state index in [2.05, 4.69) is 0 Å². The third-order valence-corrected chi connectivity index (χ3v) is 4.87. The highest BCUT2D eigenvalue weighted by Gasteiger charge is 2.34. The number of hydrogen-bond acceptors (Lipinski definition) is 5. The van der Waals surface area contributed by atoms with Crippen molar-refractivity contribution >= 4 is 41.0 Å². The summed E-state index contributed by atoms with van der Waals surface area (Å²) in [6.07, 6.45) is 1.04. The number of carbonyl (C=O) groups excluding carboxylic acids is 3. The van der Waals surface area contributed by atoms with E-state index in [9.17, 15) is 14.4 Å². The Morgan fingerprint density at radius 1 is 0.931 bits per heavy atom. The number of esters is 1. The Morgan fingerprint density at radius 2 is 1.62 bits per heavy atom. The van der Waals surface area contributed by atoms with Gasteiger partial charge in [0.15, 0.2) is 0 Å². The highest BCUT2D eigenvalue weighted by molar-refractivity contribution is 6.35. The first-order valence-electron chi connectivity index (χ1n) is 9.16. The molecule has 2 aromatic rings. The predicted octanol–water partition coefficient (Wildman–Crippen LogP) is 4.38. The molecule has 152 valence electrons. The third-order valence-electron chi connectivity index (χ3n) is 4.34. The molecule has 0 saturated carbocycles. The summed E-state index contributed by atoms with van der Waals surface area (Å²) in [5.74, 6) is -0.478. The van der Waals surface area contributed by atoms with E-state index < -0.39 is 0 Å². The lowest BCUT2D eigenvalue weighted by Gasteiger charge is -2.13. The SMILES string of the molecule is O=C(CCCOc1ccc(Cl)cc1Cl)OCCCN1C(=O)c2ccccc2C1=O. The molecule has 2 aromatic carbocycles. The monoisotopic (exact) mass is 435 g/mol. The average molecular weight is 436 g/mol. The van der Waals surface area contributed by atoms with E-state index in [1.165, 1.54) is 4.90 Å². The molecule has 1 aliphatic rings. The summed E-state index contributed by atoms with van der Waals surface area (Å²) >= 11 is 11.8. The summed E-state index contributed by atoms with van der Waals surface area (Å²) in [5, 5.41) is 0.931. The molecule has 29 heavy (non-hydrogen) atoms. The van der Waals surface area contributed by atoms with Crippen LogP contribution in [-0.2, 0) is 9.53 Å². The van der Waals surface area contributed by atoms with Gasteiger partial charge in [-0.2, -0.15) is 0 Å². The topological polar surface area (TPSA) is 72.9 Å². The van der Waals surface area contributed by atoms with Crippen molar-refractivity contribution in [2.45, 2.75) is 19.3 Å². The van der Waals surface area contributed by atoms with Crippen molar-refractivity contribution in [3.63, 3.8) is 0 Å². The van der Waals surface area contributed by atoms with Gasteiger partial charge in [-0.3, -0.25) is 19.3 Å². The van der Waals surface area contributed by atoms with Gasteiger partial charge in [-0.25, -0.2) is 0 Å². The quantitative estimate of drug-likeness (QED) is 0.331. The van der Waals surface area contributed by atoms with Gasteiger partial charge < -0.3 is 9.47 Å². The molecule has 1 heterocycles. The normalized spacial score (nSPS) is 12.8. The molecule has 3 rings (SSSR count). The first kappa shape index (κ1) is 21.1. The van der Waals surface area contributed by atoms with Crippen LogP contribution in [0.2, 0.25) is 10.0 Å². The van der Waals surface area contributed by atoms with E-state index in [0.717, 1.165) is 0 Å². The Hall–Kier alpha value is -2.57. The Balaban J connectivity index is 1.32. The fourth-order valence-corrected chi connectivity index (χ4v) is 3.38. The highest BCUT2D eigenvalue weighted by Crippen LogP contribution is 2.27. The number of nitrogens with zero attached hydrogens (tertiary/aromatic N) is 1. The molecule has 0 atom stereocenters. The maximum atomic E-state index is 12.2.